The topological polar surface area (TPSA) is 68.5 Å². The van der Waals surface area contributed by atoms with E-state index in [1.165, 1.54) is 0 Å². The third kappa shape index (κ3) is 4.27. The lowest BCUT2D eigenvalue weighted by atomic mass is 10.2. The van der Waals surface area contributed by atoms with E-state index < -0.39 is 0 Å². The number of likely N-dealkylation sites (N-methyl/N-ethyl adjacent to an activating group) is 1. The molecule has 0 aliphatic heterocycles. The Morgan fingerprint density at radius 2 is 2.19 bits per heavy atom. The van der Waals surface area contributed by atoms with Gasteiger partial charge >= 0.3 is 5.97 Å². The molecule has 0 atom stereocenters. The van der Waals surface area contributed by atoms with Crippen molar-refractivity contribution in [3.63, 3.8) is 0 Å². The lowest BCUT2D eigenvalue weighted by Crippen LogP contribution is -2.27. The molecule has 0 fully saturated rings. The van der Waals surface area contributed by atoms with Crippen LogP contribution < -0.4 is 0 Å². The molecular weight excluding hydrogens is 294 g/mol. The molecule has 112 valence electrons. The SMILES string of the molecule is CCOC(=O)CN(C)Cc1nc(-c2ccccc2Cl)no1. The molecule has 0 amide bonds. The average Bonchev–Trinajstić information content (AvgIpc) is 2.87. The second-order valence-electron chi connectivity index (χ2n) is 4.47. The summed E-state index contributed by atoms with van der Waals surface area (Å²) in [5, 5.41) is 4.46. The summed E-state index contributed by atoms with van der Waals surface area (Å²) in [6.07, 6.45) is 0. The first kappa shape index (κ1) is 15.5. The highest BCUT2D eigenvalue weighted by Crippen LogP contribution is 2.24. The van der Waals surface area contributed by atoms with Crippen LogP contribution >= 0.6 is 11.6 Å². The number of carbonyl (C=O) groups is 1. The molecule has 1 heterocycles. The Hall–Kier alpha value is -1.92. The molecule has 0 bridgehead atoms. The predicted octanol–water partition coefficient (Wildman–Crippen LogP) is 2.38. The Kier molecular flexibility index (Phi) is 5.30. The van der Waals surface area contributed by atoms with E-state index in [4.69, 9.17) is 20.9 Å². The number of benzene rings is 1. The van der Waals surface area contributed by atoms with E-state index in [0.717, 1.165) is 0 Å². The fourth-order valence-electron chi connectivity index (χ4n) is 1.78. The fourth-order valence-corrected chi connectivity index (χ4v) is 2.01. The molecule has 6 nitrogen and oxygen atoms in total. The van der Waals surface area contributed by atoms with Crippen LogP contribution in [0.15, 0.2) is 28.8 Å². The number of hydrogen-bond acceptors (Lipinski definition) is 6. The van der Waals surface area contributed by atoms with E-state index in [1.54, 1.807) is 24.9 Å². The van der Waals surface area contributed by atoms with Crippen molar-refractivity contribution in [2.45, 2.75) is 13.5 Å². The van der Waals surface area contributed by atoms with Crippen LogP contribution in [0.4, 0.5) is 0 Å². The van der Waals surface area contributed by atoms with E-state index in [1.807, 2.05) is 18.2 Å². The number of rotatable bonds is 6. The molecule has 0 aliphatic rings. The molecular formula is C14H16ClN3O3. The van der Waals surface area contributed by atoms with Gasteiger partial charge in [0.1, 0.15) is 0 Å². The maximum Gasteiger partial charge on any atom is 0.320 e. The van der Waals surface area contributed by atoms with Gasteiger partial charge in [-0.15, -0.1) is 0 Å². The first-order valence-corrected chi connectivity index (χ1v) is 6.89. The van der Waals surface area contributed by atoms with E-state index in [9.17, 15) is 4.79 Å². The van der Waals surface area contributed by atoms with Gasteiger partial charge in [0.15, 0.2) is 0 Å². The van der Waals surface area contributed by atoms with Gasteiger partial charge in [-0.05, 0) is 26.1 Å². The van der Waals surface area contributed by atoms with E-state index in [-0.39, 0.29) is 12.5 Å². The van der Waals surface area contributed by atoms with Crippen LogP contribution in [-0.2, 0) is 16.1 Å². The molecule has 0 saturated heterocycles. The van der Waals surface area contributed by atoms with Crippen molar-refractivity contribution in [1.29, 1.82) is 0 Å². The fraction of sp³-hybridized carbons (Fsp3) is 0.357. The second-order valence-corrected chi connectivity index (χ2v) is 4.88. The van der Waals surface area contributed by atoms with Gasteiger partial charge in [0.05, 0.1) is 24.7 Å². The van der Waals surface area contributed by atoms with Crippen LogP contribution in [0.25, 0.3) is 11.4 Å². The molecule has 0 radical (unpaired) electrons. The Bertz CT molecular complexity index is 615. The molecule has 2 aromatic rings. The van der Waals surface area contributed by atoms with Crippen molar-refractivity contribution < 1.29 is 14.1 Å². The largest absolute Gasteiger partial charge is 0.465 e. The minimum Gasteiger partial charge on any atom is -0.465 e. The van der Waals surface area contributed by atoms with Crippen LogP contribution in [0.1, 0.15) is 12.8 Å². The van der Waals surface area contributed by atoms with Gasteiger partial charge in [0.25, 0.3) is 0 Å². The Balaban J connectivity index is 2.00. The predicted molar refractivity (Wildman–Crippen MR) is 77.7 cm³/mol. The Morgan fingerprint density at radius 3 is 2.90 bits per heavy atom. The Morgan fingerprint density at radius 1 is 1.43 bits per heavy atom. The lowest BCUT2D eigenvalue weighted by molar-refractivity contribution is -0.144. The minimum atomic E-state index is -0.286. The van der Waals surface area contributed by atoms with Crippen molar-refractivity contribution in [1.82, 2.24) is 15.0 Å². The lowest BCUT2D eigenvalue weighted by Gasteiger charge is -2.12. The molecule has 0 saturated carbocycles. The molecule has 2 rings (SSSR count). The molecule has 1 aromatic heterocycles. The van der Waals surface area contributed by atoms with E-state index in [2.05, 4.69) is 10.1 Å². The van der Waals surface area contributed by atoms with Gasteiger partial charge in [-0.2, -0.15) is 4.98 Å². The summed E-state index contributed by atoms with van der Waals surface area (Å²) < 4.78 is 10.0. The Labute approximate surface area is 127 Å². The monoisotopic (exact) mass is 309 g/mol. The number of aromatic nitrogens is 2. The molecule has 0 aliphatic carbocycles. The number of halogens is 1. The van der Waals surface area contributed by atoms with Crippen molar-refractivity contribution in [3.8, 4) is 11.4 Å². The maximum atomic E-state index is 11.4. The summed E-state index contributed by atoms with van der Waals surface area (Å²) in [6.45, 7) is 2.66. The van der Waals surface area contributed by atoms with Gasteiger partial charge in [0, 0.05) is 5.56 Å². The summed E-state index contributed by atoms with van der Waals surface area (Å²) in [5.41, 5.74) is 0.710. The average molecular weight is 310 g/mol. The molecule has 0 unspecified atom stereocenters. The van der Waals surface area contributed by atoms with Crippen LogP contribution in [0, 0.1) is 0 Å². The summed E-state index contributed by atoms with van der Waals surface area (Å²) >= 11 is 6.08. The van der Waals surface area contributed by atoms with Crippen LogP contribution in [0.3, 0.4) is 0 Å². The molecule has 7 heteroatoms. The first-order valence-electron chi connectivity index (χ1n) is 6.51. The number of hydrogen-bond donors (Lipinski definition) is 0. The normalized spacial score (nSPS) is 10.9. The van der Waals surface area contributed by atoms with Gasteiger partial charge in [-0.1, -0.05) is 28.9 Å². The molecule has 1 aromatic carbocycles. The number of nitrogens with zero attached hydrogens (tertiary/aromatic N) is 3. The summed E-state index contributed by atoms with van der Waals surface area (Å²) in [5.74, 6) is 0.558. The zero-order valence-corrected chi connectivity index (χ0v) is 12.6. The second kappa shape index (κ2) is 7.19. The number of esters is 1. The summed E-state index contributed by atoms with van der Waals surface area (Å²) in [7, 11) is 1.77. The third-order valence-electron chi connectivity index (χ3n) is 2.69. The third-order valence-corrected chi connectivity index (χ3v) is 3.02. The molecule has 0 N–H and O–H groups in total. The quantitative estimate of drug-likeness (QED) is 0.763. The van der Waals surface area contributed by atoms with Crippen LogP contribution in [-0.4, -0.2) is 41.2 Å². The van der Waals surface area contributed by atoms with Crippen molar-refractivity contribution in [3.05, 3.63) is 35.2 Å². The maximum absolute atomic E-state index is 11.4. The van der Waals surface area contributed by atoms with Crippen molar-refractivity contribution in [2.75, 3.05) is 20.2 Å². The van der Waals surface area contributed by atoms with Crippen molar-refractivity contribution in [2.24, 2.45) is 0 Å². The highest BCUT2D eigenvalue weighted by molar-refractivity contribution is 6.33. The zero-order chi connectivity index (χ0) is 15.2. The van der Waals surface area contributed by atoms with Crippen LogP contribution in [0.5, 0.6) is 0 Å². The van der Waals surface area contributed by atoms with Crippen LogP contribution in [0.2, 0.25) is 5.02 Å². The zero-order valence-electron chi connectivity index (χ0n) is 11.9. The van der Waals surface area contributed by atoms with Gasteiger partial charge in [0.2, 0.25) is 11.7 Å². The highest BCUT2D eigenvalue weighted by Gasteiger charge is 2.14. The standard InChI is InChI=1S/C14H16ClN3O3/c1-3-20-13(19)9-18(2)8-12-16-14(17-21-12)10-6-4-5-7-11(10)15/h4-7H,3,8-9H2,1-2H3. The summed E-state index contributed by atoms with van der Waals surface area (Å²) in [4.78, 5) is 17.4. The molecule has 21 heavy (non-hydrogen) atoms. The smallest absolute Gasteiger partial charge is 0.320 e. The summed E-state index contributed by atoms with van der Waals surface area (Å²) in [6, 6.07) is 7.27. The van der Waals surface area contributed by atoms with Gasteiger partial charge in [-0.3, -0.25) is 9.69 Å². The minimum absolute atomic E-state index is 0.164. The highest BCUT2D eigenvalue weighted by atomic mass is 35.5. The number of ether oxygens (including phenoxy) is 1. The van der Waals surface area contributed by atoms with Gasteiger partial charge < -0.3 is 9.26 Å². The van der Waals surface area contributed by atoms with Crippen molar-refractivity contribution >= 4 is 17.6 Å². The van der Waals surface area contributed by atoms with Gasteiger partial charge in [-0.25, -0.2) is 0 Å². The number of carbonyl (C=O) groups excluding carboxylic acids is 1. The molecule has 0 spiro atoms. The first-order chi connectivity index (χ1) is 10.1. The van der Waals surface area contributed by atoms with E-state index >= 15 is 0 Å². The van der Waals surface area contributed by atoms with E-state index in [0.29, 0.717) is 35.5 Å².